The van der Waals surface area contributed by atoms with Crippen LogP contribution in [-0.2, 0) is 4.79 Å². The number of rotatable bonds is 6. The first-order chi connectivity index (χ1) is 9.75. The van der Waals surface area contributed by atoms with Crippen molar-refractivity contribution in [3.8, 4) is 0 Å². The highest BCUT2D eigenvalue weighted by atomic mass is 32.1. The van der Waals surface area contributed by atoms with Gasteiger partial charge in [-0.1, -0.05) is 36.4 Å². The van der Waals surface area contributed by atoms with Gasteiger partial charge in [0, 0.05) is 17.5 Å². The quantitative estimate of drug-likeness (QED) is 0.802. The second-order valence-electron chi connectivity index (χ2n) is 4.35. The van der Waals surface area contributed by atoms with Crippen LogP contribution in [0.15, 0.2) is 53.9 Å². The normalized spacial score (nSPS) is 12.4. The molecule has 0 radical (unpaired) electrons. The number of amides is 1. The van der Waals surface area contributed by atoms with E-state index in [4.69, 9.17) is 0 Å². The molecule has 0 saturated heterocycles. The minimum atomic E-state index is -0.506. The summed E-state index contributed by atoms with van der Waals surface area (Å²) >= 11 is 1.52. The lowest BCUT2D eigenvalue weighted by molar-refractivity contribution is -0.116. The Labute approximate surface area is 122 Å². The molecule has 0 spiro atoms. The van der Waals surface area contributed by atoms with Crippen molar-refractivity contribution < 1.29 is 9.90 Å². The molecule has 0 unspecified atom stereocenters. The number of aliphatic hydroxyl groups excluding tert-OH is 1. The lowest BCUT2D eigenvalue weighted by atomic mass is 10.2. The van der Waals surface area contributed by atoms with Crippen molar-refractivity contribution in [2.45, 2.75) is 12.5 Å². The Balaban J connectivity index is 1.72. The van der Waals surface area contributed by atoms with Crippen LogP contribution in [0.1, 0.15) is 23.0 Å². The van der Waals surface area contributed by atoms with Crippen molar-refractivity contribution in [3.63, 3.8) is 0 Å². The second kappa shape index (κ2) is 7.62. The molecule has 2 N–H and O–H groups in total. The van der Waals surface area contributed by atoms with Crippen molar-refractivity contribution in [3.05, 3.63) is 64.4 Å². The first-order valence-electron chi connectivity index (χ1n) is 6.48. The van der Waals surface area contributed by atoms with Crippen LogP contribution in [0.4, 0.5) is 0 Å². The van der Waals surface area contributed by atoms with Crippen molar-refractivity contribution >= 4 is 23.3 Å². The number of benzene rings is 1. The molecule has 1 heterocycles. The van der Waals surface area contributed by atoms with Crippen molar-refractivity contribution in [1.29, 1.82) is 0 Å². The van der Waals surface area contributed by atoms with Gasteiger partial charge in [0.1, 0.15) is 0 Å². The van der Waals surface area contributed by atoms with Gasteiger partial charge in [-0.3, -0.25) is 4.79 Å². The molecule has 2 rings (SSSR count). The van der Waals surface area contributed by atoms with Gasteiger partial charge < -0.3 is 10.4 Å². The molecule has 1 aromatic carbocycles. The minimum absolute atomic E-state index is 0.146. The van der Waals surface area contributed by atoms with Gasteiger partial charge in [-0.25, -0.2) is 0 Å². The maximum Gasteiger partial charge on any atom is 0.244 e. The van der Waals surface area contributed by atoms with Crippen LogP contribution in [0.5, 0.6) is 0 Å². The summed E-state index contributed by atoms with van der Waals surface area (Å²) < 4.78 is 0. The van der Waals surface area contributed by atoms with Gasteiger partial charge in [0.25, 0.3) is 0 Å². The van der Waals surface area contributed by atoms with E-state index in [0.29, 0.717) is 13.0 Å². The number of nitrogens with one attached hydrogen (secondary N) is 1. The zero-order chi connectivity index (χ0) is 14.2. The average Bonchev–Trinajstić information content (AvgIpc) is 3.00. The third-order valence-corrected chi connectivity index (χ3v) is 3.79. The predicted octanol–water partition coefficient (Wildman–Crippen LogP) is 3.00. The summed E-state index contributed by atoms with van der Waals surface area (Å²) in [6, 6.07) is 13.5. The molecule has 104 valence electrons. The fourth-order valence-electron chi connectivity index (χ4n) is 1.75. The van der Waals surface area contributed by atoms with Crippen LogP contribution in [0.3, 0.4) is 0 Å². The topological polar surface area (TPSA) is 49.3 Å². The Kier molecular flexibility index (Phi) is 5.53. The summed E-state index contributed by atoms with van der Waals surface area (Å²) in [7, 11) is 0. The molecule has 4 heteroatoms. The highest BCUT2D eigenvalue weighted by Gasteiger charge is 2.08. The van der Waals surface area contributed by atoms with Crippen LogP contribution < -0.4 is 5.32 Å². The Hall–Kier alpha value is -1.91. The van der Waals surface area contributed by atoms with Gasteiger partial charge in [0.2, 0.25) is 5.91 Å². The number of thiophene rings is 1. The monoisotopic (exact) mass is 287 g/mol. The van der Waals surface area contributed by atoms with Crippen molar-refractivity contribution in [1.82, 2.24) is 5.32 Å². The molecule has 2 aromatic rings. The van der Waals surface area contributed by atoms with Crippen molar-refractivity contribution in [2.24, 2.45) is 0 Å². The number of carbonyl (C=O) groups excluding carboxylic acids is 1. The fourth-order valence-corrected chi connectivity index (χ4v) is 2.50. The molecule has 0 aliphatic heterocycles. The SMILES string of the molecule is O=C(/C=C/c1ccccc1)NCC[C@H](O)c1cccs1. The lowest BCUT2D eigenvalue weighted by Crippen LogP contribution is -2.23. The van der Waals surface area contributed by atoms with E-state index in [1.165, 1.54) is 17.4 Å². The van der Waals surface area contributed by atoms with Crippen molar-refractivity contribution in [2.75, 3.05) is 6.54 Å². The molecule has 0 saturated carbocycles. The first kappa shape index (κ1) is 14.5. The molecule has 0 fully saturated rings. The average molecular weight is 287 g/mol. The number of hydrogen-bond donors (Lipinski definition) is 2. The molecule has 3 nitrogen and oxygen atoms in total. The van der Waals surface area contributed by atoms with E-state index >= 15 is 0 Å². The summed E-state index contributed by atoms with van der Waals surface area (Å²) in [6.45, 7) is 0.455. The molecule has 1 aromatic heterocycles. The molecule has 1 amide bonds. The number of aliphatic hydroxyl groups is 1. The Bertz CT molecular complexity index is 549. The van der Waals surface area contributed by atoms with Crippen LogP contribution in [-0.4, -0.2) is 17.6 Å². The highest BCUT2D eigenvalue weighted by Crippen LogP contribution is 2.20. The summed E-state index contributed by atoms with van der Waals surface area (Å²) in [5, 5.41) is 14.6. The molecular weight excluding hydrogens is 270 g/mol. The smallest absolute Gasteiger partial charge is 0.244 e. The van der Waals surface area contributed by atoms with Crippen LogP contribution in [0.2, 0.25) is 0 Å². The Morgan fingerprint density at radius 2 is 2.05 bits per heavy atom. The second-order valence-corrected chi connectivity index (χ2v) is 5.33. The van der Waals surface area contributed by atoms with Gasteiger partial charge in [-0.15, -0.1) is 11.3 Å². The zero-order valence-corrected chi connectivity index (χ0v) is 11.8. The summed E-state index contributed by atoms with van der Waals surface area (Å²) in [5.41, 5.74) is 0.987. The number of carbonyl (C=O) groups is 1. The van der Waals surface area contributed by atoms with Crippen LogP contribution in [0, 0.1) is 0 Å². The zero-order valence-electron chi connectivity index (χ0n) is 11.0. The summed E-state index contributed by atoms with van der Waals surface area (Å²) in [4.78, 5) is 12.5. The molecule has 1 atom stereocenters. The molecular formula is C16H17NO2S. The number of hydrogen-bond acceptors (Lipinski definition) is 3. The van der Waals surface area contributed by atoms with Crippen LogP contribution >= 0.6 is 11.3 Å². The third kappa shape index (κ3) is 4.64. The van der Waals surface area contributed by atoms with E-state index in [0.717, 1.165) is 10.4 Å². The van der Waals surface area contributed by atoms with E-state index in [9.17, 15) is 9.90 Å². The van der Waals surface area contributed by atoms with E-state index in [2.05, 4.69) is 5.32 Å². The van der Waals surface area contributed by atoms with Gasteiger partial charge in [0.05, 0.1) is 6.10 Å². The standard InChI is InChI=1S/C16H17NO2S/c18-14(15-7-4-12-20-15)10-11-17-16(19)9-8-13-5-2-1-3-6-13/h1-9,12,14,18H,10-11H2,(H,17,19)/b9-8+/t14-/m0/s1. The molecule has 0 aliphatic carbocycles. The molecule has 0 bridgehead atoms. The van der Waals surface area contributed by atoms with E-state index < -0.39 is 6.10 Å². The fraction of sp³-hybridized carbons (Fsp3) is 0.188. The highest BCUT2D eigenvalue weighted by molar-refractivity contribution is 7.10. The van der Waals surface area contributed by atoms with E-state index in [-0.39, 0.29) is 5.91 Å². The maximum absolute atomic E-state index is 11.6. The Morgan fingerprint density at radius 1 is 1.25 bits per heavy atom. The predicted molar refractivity (Wildman–Crippen MR) is 82.4 cm³/mol. The largest absolute Gasteiger partial charge is 0.388 e. The summed E-state index contributed by atoms with van der Waals surface area (Å²) in [6.07, 6.45) is 3.29. The maximum atomic E-state index is 11.6. The lowest BCUT2D eigenvalue weighted by Gasteiger charge is -2.08. The first-order valence-corrected chi connectivity index (χ1v) is 7.36. The Morgan fingerprint density at radius 3 is 2.75 bits per heavy atom. The van der Waals surface area contributed by atoms with Gasteiger partial charge in [0.15, 0.2) is 0 Å². The van der Waals surface area contributed by atoms with Crippen LogP contribution in [0.25, 0.3) is 6.08 Å². The third-order valence-electron chi connectivity index (χ3n) is 2.82. The summed E-state index contributed by atoms with van der Waals surface area (Å²) in [5.74, 6) is -0.146. The van der Waals surface area contributed by atoms with Gasteiger partial charge in [-0.05, 0) is 29.5 Å². The van der Waals surface area contributed by atoms with E-state index in [1.54, 1.807) is 6.08 Å². The molecule has 0 aliphatic rings. The van der Waals surface area contributed by atoms with Gasteiger partial charge >= 0.3 is 0 Å². The minimum Gasteiger partial charge on any atom is -0.388 e. The van der Waals surface area contributed by atoms with E-state index in [1.807, 2.05) is 47.8 Å². The van der Waals surface area contributed by atoms with Gasteiger partial charge in [-0.2, -0.15) is 0 Å². The molecule has 20 heavy (non-hydrogen) atoms.